The molecule has 0 unspecified atom stereocenters. The molecule has 0 aliphatic carbocycles. The van der Waals surface area contributed by atoms with E-state index in [0.717, 1.165) is 18.9 Å². The number of carbonyl (C=O) groups is 3. The molecule has 2 N–H and O–H groups in total. The third kappa shape index (κ3) is 7.89. The molecule has 0 saturated carbocycles. The number of rotatable bonds is 6. The minimum atomic E-state index is -1.05. The summed E-state index contributed by atoms with van der Waals surface area (Å²) in [5.41, 5.74) is -0.625. The number of carboxylic acid groups (broad SMARTS) is 1. The highest BCUT2D eigenvalue weighted by Crippen LogP contribution is 2.21. The molecule has 1 aliphatic rings. The first-order valence-electron chi connectivity index (χ1n) is 9.20. The van der Waals surface area contributed by atoms with Gasteiger partial charge in [0.05, 0.1) is 0 Å². The minimum Gasteiger partial charge on any atom is -0.478 e. The summed E-state index contributed by atoms with van der Waals surface area (Å²) in [6, 6.07) is -0.979. The highest BCUT2D eigenvalue weighted by Gasteiger charge is 2.35. The number of carboxylic acids is 1. The van der Waals surface area contributed by atoms with Crippen molar-refractivity contribution in [3.8, 4) is 0 Å². The number of aliphatic carboxylic acids is 1. The number of hydrogen-bond donors (Lipinski definition) is 2. The van der Waals surface area contributed by atoms with Crippen molar-refractivity contribution < 1.29 is 24.2 Å². The number of nitrogens with one attached hydrogen (secondary N) is 1. The molecule has 7 nitrogen and oxygen atoms in total. The highest BCUT2D eigenvalue weighted by molar-refractivity contribution is 5.86. The predicted molar refractivity (Wildman–Crippen MR) is 98.7 cm³/mol. The summed E-state index contributed by atoms with van der Waals surface area (Å²) in [5, 5.41) is 11.7. The van der Waals surface area contributed by atoms with E-state index in [-0.39, 0.29) is 17.9 Å². The fourth-order valence-electron chi connectivity index (χ4n) is 2.91. The summed E-state index contributed by atoms with van der Waals surface area (Å²) in [6.07, 6.45) is 4.92. The summed E-state index contributed by atoms with van der Waals surface area (Å²) in [5.74, 6) is -1.04. The SMILES string of the molecule is CC(C)C[C@@H](C=CC(=O)O)NC(=O)[C@@H]1CCCCN1C(=O)OC(C)(C)C. The number of nitrogens with zero attached hydrogens (tertiary/aromatic N) is 1. The lowest BCUT2D eigenvalue weighted by molar-refractivity contribution is -0.131. The Balaban J connectivity index is 2.84. The van der Waals surface area contributed by atoms with Crippen LogP contribution in [-0.2, 0) is 14.3 Å². The summed E-state index contributed by atoms with van der Waals surface area (Å²) >= 11 is 0. The maximum atomic E-state index is 12.8. The van der Waals surface area contributed by atoms with E-state index in [1.54, 1.807) is 20.8 Å². The quantitative estimate of drug-likeness (QED) is 0.703. The summed E-state index contributed by atoms with van der Waals surface area (Å²) in [7, 11) is 0. The molecule has 0 aromatic carbocycles. The van der Waals surface area contributed by atoms with Gasteiger partial charge in [0.15, 0.2) is 0 Å². The van der Waals surface area contributed by atoms with E-state index < -0.39 is 23.7 Å². The molecule has 148 valence electrons. The van der Waals surface area contributed by atoms with Crippen LogP contribution in [0.15, 0.2) is 12.2 Å². The van der Waals surface area contributed by atoms with E-state index in [1.807, 2.05) is 13.8 Å². The van der Waals surface area contributed by atoms with Gasteiger partial charge in [0.2, 0.25) is 5.91 Å². The second kappa shape index (κ2) is 9.59. The van der Waals surface area contributed by atoms with E-state index in [1.165, 1.54) is 11.0 Å². The van der Waals surface area contributed by atoms with E-state index in [4.69, 9.17) is 9.84 Å². The fraction of sp³-hybridized carbons (Fsp3) is 0.737. The van der Waals surface area contributed by atoms with Gasteiger partial charge in [-0.15, -0.1) is 0 Å². The maximum absolute atomic E-state index is 12.8. The minimum absolute atomic E-state index is 0.267. The number of hydrogen-bond acceptors (Lipinski definition) is 4. The standard InChI is InChI=1S/C19H32N2O5/c1-13(2)12-14(9-10-16(22)23)20-17(24)15-8-6-7-11-21(15)18(25)26-19(3,4)5/h9-10,13-15H,6-8,11-12H2,1-5H3,(H,20,24)(H,22,23)/t14-,15+/m1/s1. The van der Waals surface area contributed by atoms with Gasteiger partial charge < -0.3 is 15.2 Å². The highest BCUT2D eigenvalue weighted by atomic mass is 16.6. The molecular formula is C19H32N2O5. The van der Waals surface area contributed by atoms with Crippen LogP contribution in [0.3, 0.4) is 0 Å². The number of piperidine rings is 1. The molecule has 1 fully saturated rings. The van der Waals surface area contributed by atoms with Gasteiger partial charge in [-0.05, 0) is 52.4 Å². The van der Waals surface area contributed by atoms with Crippen molar-refractivity contribution in [2.75, 3.05) is 6.54 Å². The number of carbonyl (C=O) groups excluding carboxylic acids is 2. The molecule has 1 saturated heterocycles. The van der Waals surface area contributed by atoms with Crippen LogP contribution in [0.25, 0.3) is 0 Å². The van der Waals surface area contributed by atoms with Crippen molar-refractivity contribution in [1.29, 1.82) is 0 Å². The van der Waals surface area contributed by atoms with Crippen LogP contribution in [0.2, 0.25) is 0 Å². The maximum Gasteiger partial charge on any atom is 0.410 e. The molecule has 0 bridgehead atoms. The normalized spacial score (nSPS) is 19.5. The van der Waals surface area contributed by atoms with Gasteiger partial charge in [0, 0.05) is 18.7 Å². The second-order valence-corrected chi connectivity index (χ2v) is 8.13. The number of ether oxygens (including phenoxy) is 1. The van der Waals surface area contributed by atoms with Crippen molar-refractivity contribution in [3.05, 3.63) is 12.2 Å². The smallest absolute Gasteiger partial charge is 0.410 e. The zero-order valence-electron chi connectivity index (χ0n) is 16.4. The Morgan fingerprint density at radius 1 is 1.27 bits per heavy atom. The van der Waals surface area contributed by atoms with E-state index in [0.29, 0.717) is 19.4 Å². The molecule has 0 aromatic rings. The largest absolute Gasteiger partial charge is 0.478 e. The molecule has 0 radical (unpaired) electrons. The lowest BCUT2D eigenvalue weighted by Crippen LogP contribution is -2.54. The van der Waals surface area contributed by atoms with Crippen molar-refractivity contribution >= 4 is 18.0 Å². The summed E-state index contributed by atoms with van der Waals surface area (Å²) < 4.78 is 5.42. The third-order valence-corrected chi connectivity index (χ3v) is 3.96. The average molecular weight is 368 g/mol. The van der Waals surface area contributed by atoms with E-state index >= 15 is 0 Å². The Morgan fingerprint density at radius 3 is 2.46 bits per heavy atom. The Hall–Kier alpha value is -2.05. The average Bonchev–Trinajstić information content (AvgIpc) is 2.50. The molecule has 1 heterocycles. The lowest BCUT2D eigenvalue weighted by atomic mass is 9.99. The molecule has 26 heavy (non-hydrogen) atoms. The topological polar surface area (TPSA) is 95.9 Å². The first kappa shape index (κ1) is 22.0. The van der Waals surface area contributed by atoms with Gasteiger partial charge in [-0.2, -0.15) is 0 Å². The molecule has 0 spiro atoms. The van der Waals surface area contributed by atoms with Gasteiger partial charge >= 0.3 is 12.1 Å². The lowest BCUT2D eigenvalue weighted by Gasteiger charge is -2.36. The van der Waals surface area contributed by atoms with Crippen LogP contribution in [0, 0.1) is 5.92 Å². The monoisotopic (exact) mass is 368 g/mol. The molecule has 2 atom stereocenters. The van der Waals surface area contributed by atoms with Crippen molar-refractivity contribution in [2.24, 2.45) is 5.92 Å². The third-order valence-electron chi connectivity index (χ3n) is 3.96. The Morgan fingerprint density at radius 2 is 1.92 bits per heavy atom. The van der Waals surface area contributed by atoms with E-state index in [2.05, 4.69) is 5.32 Å². The van der Waals surface area contributed by atoms with Gasteiger partial charge in [-0.1, -0.05) is 19.9 Å². The van der Waals surface area contributed by atoms with Gasteiger partial charge in [0.1, 0.15) is 11.6 Å². The van der Waals surface area contributed by atoms with E-state index in [9.17, 15) is 14.4 Å². The Labute approximate surface area is 155 Å². The van der Waals surface area contributed by atoms with Crippen LogP contribution in [0.4, 0.5) is 4.79 Å². The summed E-state index contributed by atoms with van der Waals surface area (Å²) in [4.78, 5) is 37.5. The first-order valence-corrected chi connectivity index (χ1v) is 9.20. The van der Waals surface area contributed by atoms with Crippen LogP contribution in [0.5, 0.6) is 0 Å². The zero-order valence-corrected chi connectivity index (χ0v) is 16.4. The molecule has 2 amide bonds. The van der Waals surface area contributed by atoms with Gasteiger partial charge in [0.25, 0.3) is 0 Å². The van der Waals surface area contributed by atoms with Gasteiger partial charge in [-0.3, -0.25) is 9.69 Å². The molecule has 1 aliphatic heterocycles. The molecule has 0 aromatic heterocycles. The molecular weight excluding hydrogens is 336 g/mol. The Bertz CT molecular complexity index is 537. The predicted octanol–water partition coefficient (Wildman–Crippen LogP) is 2.95. The van der Waals surface area contributed by atoms with Crippen molar-refractivity contribution in [3.63, 3.8) is 0 Å². The zero-order chi connectivity index (χ0) is 19.9. The number of amides is 2. The first-order chi connectivity index (χ1) is 12.0. The van der Waals surface area contributed by atoms with Crippen molar-refractivity contribution in [2.45, 2.75) is 78.0 Å². The molecule has 1 rings (SSSR count). The summed E-state index contributed by atoms with van der Waals surface area (Å²) in [6.45, 7) is 9.85. The number of likely N-dealkylation sites (tertiary alicyclic amines) is 1. The van der Waals surface area contributed by atoms with Crippen LogP contribution in [0.1, 0.15) is 60.3 Å². The van der Waals surface area contributed by atoms with Crippen LogP contribution in [-0.4, -0.2) is 52.2 Å². The second-order valence-electron chi connectivity index (χ2n) is 8.13. The van der Waals surface area contributed by atoms with Gasteiger partial charge in [-0.25, -0.2) is 9.59 Å². The fourth-order valence-corrected chi connectivity index (χ4v) is 2.91. The molecule has 7 heteroatoms. The van der Waals surface area contributed by atoms with Crippen molar-refractivity contribution in [1.82, 2.24) is 10.2 Å². The van der Waals surface area contributed by atoms with Crippen LogP contribution >= 0.6 is 0 Å². The van der Waals surface area contributed by atoms with Crippen LogP contribution < -0.4 is 5.32 Å². The Kier molecular flexibility index (Phi) is 8.11.